The molecule has 2 atom stereocenters. The van der Waals surface area contributed by atoms with Crippen molar-refractivity contribution < 1.29 is 14.9 Å². The van der Waals surface area contributed by atoms with E-state index in [9.17, 15) is 10.2 Å². The summed E-state index contributed by atoms with van der Waals surface area (Å²) in [5.41, 5.74) is 0.677. The number of aliphatic hydroxyl groups excluding tert-OH is 1. The molecule has 22 heavy (non-hydrogen) atoms. The molecule has 1 aliphatic heterocycles. The molecule has 2 aromatic rings. The van der Waals surface area contributed by atoms with Crippen molar-refractivity contribution in [1.82, 2.24) is 10.3 Å². The molecule has 0 spiro atoms. The van der Waals surface area contributed by atoms with Gasteiger partial charge >= 0.3 is 0 Å². The minimum atomic E-state index is -1.73. The number of nitrogens with one attached hydrogen (secondary N) is 1. The van der Waals surface area contributed by atoms with Gasteiger partial charge in [0.1, 0.15) is 5.54 Å². The Balaban J connectivity index is 2.09. The lowest BCUT2D eigenvalue weighted by molar-refractivity contribution is -0.291. The number of pyridine rings is 1. The molecule has 0 amide bonds. The highest BCUT2D eigenvalue weighted by atomic mass is 16.6. The first-order valence-electron chi connectivity index (χ1n) is 7.38. The predicted octanol–water partition coefficient (Wildman–Crippen LogP) is 0.820. The third kappa shape index (κ3) is 2.53. The Morgan fingerprint density at radius 1 is 1.14 bits per heavy atom. The van der Waals surface area contributed by atoms with Crippen LogP contribution in [0.3, 0.4) is 0 Å². The monoisotopic (exact) mass is 300 g/mol. The predicted molar refractivity (Wildman–Crippen MR) is 82.1 cm³/mol. The van der Waals surface area contributed by atoms with Gasteiger partial charge in [0.05, 0.1) is 18.9 Å². The molecule has 2 heterocycles. The number of benzene rings is 1. The fraction of sp³-hybridized carbons (Fsp3) is 0.353. The van der Waals surface area contributed by atoms with E-state index < -0.39 is 17.9 Å². The highest BCUT2D eigenvalue weighted by Crippen LogP contribution is 2.38. The molecule has 3 N–H and O–H groups in total. The highest BCUT2D eigenvalue weighted by molar-refractivity contribution is 5.28. The Kier molecular flexibility index (Phi) is 4.22. The lowest BCUT2D eigenvalue weighted by Gasteiger charge is -2.49. The zero-order valence-electron chi connectivity index (χ0n) is 12.3. The van der Waals surface area contributed by atoms with Gasteiger partial charge in [-0.3, -0.25) is 10.3 Å². The molecule has 0 aliphatic carbocycles. The lowest BCUT2D eigenvalue weighted by atomic mass is 9.78. The molecule has 3 rings (SSSR count). The van der Waals surface area contributed by atoms with Crippen LogP contribution in [0.25, 0.3) is 0 Å². The van der Waals surface area contributed by atoms with Crippen LogP contribution in [-0.2, 0) is 16.7 Å². The van der Waals surface area contributed by atoms with Crippen molar-refractivity contribution in [3.05, 3.63) is 66.0 Å². The maximum Gasteiger partial charge on any atom is 0.214 e. The van der Waals surface area contributed by atoms with E-state index in [1.54, 1.807) is 6.20 Å². The Hall–Kier alpha value is -1.79. The van der Waals surface area contributed by atoms with Crippen molar-refractivity contribution in [2.75, 3.05) is 19.8 Å². The summed E-state index contributed by atoms with van der Waals surface area (Å²) in [4.78, 5) is 4.40. The van der Waals surface area contributed by atoms with Crippen LogP contribution in [0.1, 0.15) is 11.3 Å². The molecular weight excluding hydrogens is 280 g/mol. The third-order valence-corrected chi connectivity index (χ3v) is 4.17. The highest BCUT2D eigenvalue weighted by Gasteiger charge is 2.55. The van der Waals surface area contributed by atoms with Gasteiger partial charge in [-0.1, -0.05) is 36.4 Å². The van der Waals surface area contributed by atoms with Crippen molar-refractivity contribution in [3.8, 4) is 0 Å². The molecule has 1 fully saturated rings. The fourth-order valence-corrected chi connectivity index (χ4v) is 3.03. The molecule has 2 unspecified atom stereocenters. The van der Waals surface area contributed by atoms with E-state index in [4.69, 9.17) is 4.74 Å². The second kappa shape index (κ2) is 6.14. The maximum absolute atomic E-state index is 10.9. The van der Waals surface area contributed by atoms with Gasteiger partial charge < -0.3 is 14.9 Å². The molecule has 0 radical (unpaired) electrons. The molecule has 0 saturated carbocycles. The average Bonchev–Trinajstić information content (AvgIpc) is 2.59. The summed E-state index contributed by atoms with van der Waals surface area (Å²) in [6.45, 7) is 0.398. The number of hydrogen-bond acceptors (Lipinski definition) is 5. The standard InChI is InChI=1S/C17H20N2O3/c20-13-17(21)16(19-10-11-22-17,15-8-4-5-9-18-15)12-14-6-2-1-3-7-14/h1-9,19-21H,10-13H2. The van der Waals surface area contributed by atoms with E-state index in [2.05, 4.69) is 10.3 Å². The van der Waals surface area contributed by atoms with Gasteiger partial charge in [-0.15, -0.1) is 0 Å². The Morgan fingerprint density at radius 3 is 2.59 bits per heavy atom. The quantitative estimate of drug-likeness (QED) is 0.779. The third-order valence-electron chi connectivity index (χ3n) is 4.17. The van der Waals surface area contributed by atoms with Crippen LogP contribution in [0.15, 0.2) is 54.7 Å². The number of rotatable bonds is 4. The average molecular weight is 300 g/mol. The second-order valence-corrected chi connectivity index (χ2v) is 5.50. The summed E-state index contributed by atoms with van der Waals surface area (Å²) >= 11 is 0. The van der Waals surface area contributed by atoms with Gasteiger partial charge in [0, 0.05) is 19.2 Å². The van der Waals surface area contributed by atoms with Crippen molar-refractivity contribution >= 4 is 0 Å². The van der Waals surface area contributed by atoms with Gasteiger partial charge in [0.2, 0.25) is 5.79 Å². The maximum atomic E-state index is 10.9. The first-order valence-corrected chi connectivity index (χ1v) is 7.38. The SMILES string of the molecule is OCC1(O)OCCNC1(Cc1ccccc1)c1ccccn1. The van der Waals surface area contributed by atoms with Gasteiger partial charge in [0.25, 0.3) is 0 Å². The fourth-order valence-electron chi connectivity index (χ4n) is 3.03. The molecule has 0 bridgehead atoms. The zero-order valence-corrected chi connectivity index (χ0v) is 12.3. The van der Waals surface area contributed by atoms with Crippen LogP contribution in [0, 0.1) is 0 Å². The Morgan fingerprint density at radius 2 is 1.91 bits per heavy atom. The number of aromatic nitrogens is 1. The van der Waals surface area contributed by atoms with Crippen LogP contribution in [0.4, 0.5) is 0 Å². The van der Waals surface area contributed by atoms with Gasteiger partial charge in [0.15, 0.2) is 0 Å². The zero-order chi connectivity index (χ0) is 15.5. The first kappa shape index (κ1) is 15.1. The smallest absolute Gasteiger partial charge is 0.214 e. The number of aliphatic hydroxyl groups is 2. The molecule has 1 saturated heterocycles. The Labute approximate surface area is 129 Å². The molecular formula is C17H20N2O3. The molecule has 5 nitrogen and oxygen atoms in total. The van der Waals surface area contributed by atoms with Crippen LogP contribution >= 0.6 is 0 Å². The number of ether oxygens (including phenoxy) is 1. The van der Waals surface area contributed by atoms with E-state index in [1.165, 1.54) is 0 Å². The summed E-state index contributed by atoms with van der Waals surface area (Å²) in [6.07, 6.45) is 2.14. The van der Waals surface area contributed by atoms with Crippen LogP contribution in [0.2, 0.25) is 0 Å². The van der Waals surface area contributed by atoms with E-state index in [-0.39, 0.29) is 0 Å². The first-order chi connectivity index (χ1) is 10.7. The van der Waals surface area contributed by atoms with Crippen molar-refractivity contribution in [2.45, 2.75) is 17.7 Å². The molecule has 1 aromatic heterocycles. The number of hydrogen-bond donors (Lipinski definition) is 3. The summed E-state index contributed by atoms with van der Waals surface area (Å²) in [5.74, 6) is -1.73. The Bertz CT molecular complexity index is 608. The van der Waals surface area contributed by atoms with Crippen LogP contribution in [0.5, 0.6) is 0 Å². The van der Waals surface area contributed by atoms with Crippen molar-refractivity contribution in [3.63, 3.8) is 0 Å². The lowest BCUT2D eigenvalue weighted by Crippen LogP contribution is -2.69. The van der Waals surface area contributed by atoms with Crippen LogP contribution < -0.4 is 5.32 Å². The van der Waals surface area contributed by atoms with E-state index in [1.807, 2.05) is 48.5 Å². The summed E-state index contributed by atoms with van der Waals surface area (Å²) in [6, 6.07) is 15.3. The summed E-state index contributed by atoms with van der Waals surface area (Å²) < 4.78 is 5.56. The van der Waals surface area contributed by atoms with Crippen molar-refractivity contribution in [1.29, 1.82) is 0 Å². The normalized spacial score (nSPS) is 28.5. The largest absolute Gasteiger partial charge is 0.391 e. The summed E-state index contributed by atoms with van der Waals surface area (Å²) in [7, 11) is 0. The van der Waals surface area contributed by atoms with Gasteiger partial charge in [-0.05, 0) is 17.7 Å². The van der Waals surface area contributed by atoms with E-state index >= 15 is 0 Å². The minimum absolute atomic E-state index is 0.334. The molecule has 116 valence electrons. The topological polar surface area (TPSA) is 74.6 Å². The summed E-state index contributed by atoms with van der Waals surface area (Å²) in [5, 5.41) is 24.1. The van der Waals surface area contributed by atoms with Gasteiger partial charge in [-0.2, -0.15) is 0 Å². The molecule has 1 aromatic carbocycles. The van der Waals surface area contributed by atoms with Crippen molar-refractivity contribution in [2.24, 2.45) is 0 Å². The number of nitrogens with zero attached hydrogens (tertiary/aromatic N) is 1. The van der Waals surface area contributed by atoms with E-state index in [0.29, 0.717) is 25.3 Å². The van der Waals surface area contributed by atoms with Crippen LogP contribution in [-0.4, -0.2) is 40.7 Å². The number of morpholine rings is 1. The second-order valence-electron chi connectivity index (χ2n) is 5.50. The van der Waals surface area contributed by atoms with E-state index in [0.717, 1.165) is 5.56 Å². The molecule has 5 heteroatoms. The minimum Gasteiger partial charge on any atom is -0.391 e. The molecule has 1 aliphatic rings. The van der Waals surface area contributed by atoms with Gasteiger partial charge in [-0.25, -0.2) is 0 Å².